The Hall–Kier alpha value is -0.200. The quantitative estimate of drug-likeness (QED) is 0.502. The lowest BCUT2D eigenvalue weighted by Crippen LogP contribution is -2.59. The van der Waals surface area contributed by atoms with Crippen LogP contribution in [0.25, 0.3) is 0 Å². The minimum absolute atomic E-state index is 0. The van der Waals surface area contributed by atoms with E-state index in [1.165, 1.54) is 0 Å². The zero-order valence-corrected chi connectivity index (χ0v) is 13.6. The normalized spacial score (nSPS) is 18.8. The summed E-state index contributed by atoms with van der Waals surface area (Å²) in [6.45, 7) is 10.8. The standard InChI is InChI=1S/C15H34NO3.H2O/c1-5-9-16(10-13(17)6-2,11-14(18)7-3)12-15(19)8-4;/h13-15,17-19H,5-12H2,1-4H3;1H2/q+1;/p-1. The number of aliphatic hydroxyl groups is 3. The van der Waals surface area contributed by atoms with E-state index < -0.39 is 0 Å². The van der Waals surface area contributed by atoms with Crippen LogP contribution in [-0.2, 0) is 0 Å². The fraction of sp³-hybridized carbons (Fsp3) is 1.00. The van der Waals surface area contributed by atoms with Crippen molar-refractivity contribution in [2.24, 2.45) is 0 Å². The summed E-state index contributed by atoms with van der Waals surface area (Å²) in [7, 11) is 0. The number of aliphatic hydroxyl groups excluding tert-OH is 3. The van der Waals surface area contributed by atoms with Crippen LogP contribution in [0.2, 0.25) is 0 Å². The Morgan fingerprint density at radius 3 is 1.20 bits per heavy atom. The van der Waals surface area contributed by atoms with Crippen molar-refractivity contribution < 1.29 is 25.3 Å². The molecule has 0 heterocycles. The summed E-state index contributed by atoms with van der Waals surface area (Å²) in [6.07, 6.45) is 2.05. The highest BCUT2D eigenvalue weighted by atomic mass is 16.3. The van der Waals surface area contributed by atoms with Crippen LogP contribution in [0.3, 0.4) is 0 Å². The van der Waals surface area contributed by atoms with E-state index in [0.717, 1.165) is 13.0 Å². The van der Waals surface area contributed by atoms with Crippen molar-refractivity contribution in [3.05, 3.63) is 0 Å². The first-order chi connectivity index (χ1) is 8.92. The maximum absolute atomic E-state index is 10.0. The first kappa shape index (κ1) is 22.1. The predicted octanol–water partition coefficient (Wildman–Crippen LogP) is 1.35. The second-order valence-electron chi connectivity index (χ2n) is 5.80. The monoisotopic (exact) mass is 293 g/mol. The van der Waals surface area contributed by atoms with E-state index in [0.29, 0.717) is 43.4 Å². The summed E-state index contributed by atoms with van der Waals surface area (Å²) in [6, 6.07) is 0. The highest BCUT2D eigenvalue weighted by molar-refractivity contribution is 4.62. The Morgan fingerprint density at radius 1 is 0.700 bits per heavy atom. The van der Waals surface area contributed by atoms with Crippen molar-refractivity contribution in [3.63, 3.8) is 0 Å². The smallest absolute Gasteiger partial charge is 0.105 e. The Bertz CT molecular complexity index is 195. The van der Waals surface area contributed by atoms with Gasteiger partial charge in [0.2, 0.25) is 0 Å². The molecule has 0 radical (unpaired) electrons. The molecule has 0 rings (SSSR count). The third kappa shape index (κ3) is 8.17. The second kappa shape index (κ2) is 11.5. The Morgan fingerprint density at radius 2 is 1.00 bits per heavy atom. The number of hydrogen-bond donors (Lipinski definition) is 3. The molecule has 0 aliphatic heterocycles. The van der Waals surface area contributed by atoms with Gasteiger partial charge in [0.15, 0.2) is 0 Å². The van der Waals surface area contributed by atoms with E-state index >= 15 is 0 Å². The molecule has 3 atom stereocenters. The molecule has 124 valence electrons. The van der Waals surface area contributed by atoms with E-state index in [9.17, 15) is 15.3 Å². The molecule has 0 amide bonds. The molecule has 5 nitrogen and oxygen atoms in total. The van der Waals surface area contributed by atoms with Gasteiger partial charge in [-0.05, 0) is 25.7 Å². The van der Waals surface area contributed by atoms with Gasteiger partial charge < -0.3 is 25.3 Å². The topological polar surface area (TPSA) is 90.7 Å². The van der Waals surface area contributed by atoms with Crippen molar-refractivity contribution in [2.45, 2.75) is 71.7 Å². The van der Waals surface area contributed by atoms with Gasteiger partial charge in [-0.1, -0.05) is 27.7 Å². The number of rotatable bonds is 11. The lowest BCUT2D eigenvalue weighted by Gasteiger charge is -2.42. The molecule has 0 spiro atoms. The summed E-state index contributed by atoms with van der Waals surface area (Å²) >= 11 is 0. The molecule has 0 aromatic carbocycles. The lowest BCUT2D eigenvalue weighted by atomic mass is 10.1. The number of quaternary nitrogens is 1. The fourth-order valence-corrected chi connectivity index (χ4v) is 2.70. The summed E-state index contributed by atoms with van der Waals surface area (Å²) in [5.41, 5.74) is 0. The van der Waals surface area contributed by atoms with Crippen molar-refractivity contribution in [3.8, 4) is 0 Å². The Labute approximate surface area is 124 Å². The lowest BCUT2D eigenvalue weighted by molar-refractivity contribution is -0.936. The fourth-order valence-electron chi connectivity index (χ4n) is 2.70. The minimum Gasteiger partial charge on any atom is -0.870 e. The number of nitrogens with zero attached hydrogens (tertiary/aromatic N) is 1. The van der Waals surface area contributed by atoms with E-state index in [1.807, 2.05) is 20.8 Å². The van der Waals surface area contributed by atoms with Crippen molar-refractivity contribution in [1.82, 2.24) is 0 Å². The highest BCUT2D eigenvalue weighted by Gasteiger charge is 2.33. The van der Waals surface area contributed by atoms with E-state index in [1.54, 1.807) is 0 Å². The van der Waals surface area contributed by atoms with Gasteiger partial charge in [-0.3, -0.25) is 0 Å². The minimum atomic E-state index is -0.361. The van der Waals surface area contributed by atoms with E-state index in [2.05, 4.69) is 6.92 Å². The Balaban J connectivity index is 0. The van der Waals surface area contributed by atoms with Crippen molar-refractivity contribution in [2.75, 3.05) is 26.2 Å². The summed E-state index contributed by atoms with van der Waals surface area (Å²) in [4.78, 5) is 0. The average molecular weight is 293 g/mol. The molecule has 0 aliphatic rings. The molecule has 5 heteroatoms. The van der Waals surface area contributed by atoms with Crippen LogP contribution in [0, 0.1) is 0 Å². The van der Waals surface area contributed by atoms with E-state index in [4.69, 9.17) is 0 Å². The third-order valence-corrected chi connectivity index (χ3v) is 3.91. The molecule has 4 N–H and O–H groups in total. The molecule has 0 saturated heterocycles. The van der Waals surface area contributed by atoms with Crippen LogP contribution in [0.1, 0.15) is 53.4 Å². The zero-order chi connectivity index (χ0) is 14.9. The summed E-state index contributed by atoms with van der Waals surface area (Å²) in [5.74, 6) is 0. The summed E-state index contributed by atoms with van der Waals surface area (Å²) < 4.78 is 0.621. The van der Waals surface area contributed by atoms with Crippen molar-refractivity contribution >= 4 is 0 Å². The van der Waals surface area contributed by atoms with Gasteiger partial charge in [-0.25, -0.2) is 0 Å². The molecule has 3 unspecified atom stereocenters. The Kier molecular flexibility index (Phi) is 12.7. The molecule has 0 saturated carbocycles. The molecular weight excluding hydrogens is 258 g/mol. The van der Waals surface area contributed by atoms with Gasteiger partial charge in [-0.15, -0.1) is 0 Å². The maximum Gasteiger partial charge on any atom is 0.105 e. The van der Waals surface area contributed by atoms with E-state index in [-0.39, 0.29) is 23.8 Å². The SMILES string of the molecule is CCC[N+](CC(O)CC)(CC(O)CC)CC(O)CC.[OH-]. The first-order valence-corrected chi connectivity index (χ1v) is 7.82. The van der Waals surface area contributed by atoms with Gasteiger partial charge in [0.05, 0.1) is 6.54 Å². The largest absolute Gasteiger partial charge is 0.870 e. The van der Waals surface area contributed by atoms with Gasteiger partial charge in [-0.2, -0.15) is 0 Å². The second-order valence-corrected chi connectivity index (χ2v) is 5.80. The summed E-state index contributed by atoms with van der Waals surface area (Å²) in [5, 5.41) is 30.0. The predicted molar refractivity (Wildman–Crippen MR) is 80.8 cm³/mol. The van der Waals surface area contributed by atoms with Crippen molar-refractivity contribution in [1.29, 1.82) is 0 Å². The van der Waals surface area contributed by atoms with Crippen LogP contribution in [0.4, 0.5) is 0 Å². The van der Waals surface area contributed by atoms with Gasteiger partial charge in [0, 0.05) is 0 Å². The van der Waals surface area contributed by atoms with Crippen LogP contribution < -0.4 is 0 Å². The van der Waals surface area contributed by atoms with Gasteiger partial charge in [0.25, 0.3) is 0 Å². The van der Waals surface area contributed by atoms with Gasteiger partial charge in [0.1, 0.15) is 37.9 Å². The van der Waals surface area contributed by atoms with Crippen LogP contribution in [0.5, 0.6) is 0 Å². The molecule has 0 fully saturated rings. The molecule has 0 aliphatic carbocycles. The molecule has 0 bridgehead atoms. The first-order valence-electron chi connectivity index (χ1n) is 7.82. The zero-order valence-electron chi connectivity index (χ0n) is 13.6. The molecule has 0 aromatic rings. The molecule has 20 heavy (non-hydrogen) atoms. The third-order valence-electron chi connectivity index (χ3n) is 3.91. The van der Waals surface area contributed by atoms with Crippen LogP contribution >= 0.6 is 0 Å². The maximum atomic E-state index is 10.0. The van der Waals surface area contributed by atoms with Crippen LogP contribution in [-0.4, -0.2) is 69.8 Å². The number of hydrogen-bond acceptors (Lipinski definition) is 4. The van der Waals surface area contributed by atoms with Crippen LogP contribution in [0.15, 0.2) is 0 Å². The van der Waals surface area contributed by atoms with Gasteiger partial charge >= 0.3 is 0 Å². The average Bonchev–Trinajstić information content (AvgIpc) is 2.38. The molecular formula is C15H35NO4. The highest BCUT2D eigenvalue weighted by Crippen LogP contribution is 2.16. The molecule has 0 aromatic heterocycles.